The third kappa shape index (κ3) is 3.13. The molecule has 0 aromatic heterocycles. The summed E-state index contributed by atoms with van der Waals surface area (Å²) < 4.78 is 40.5. The van der Waals surface area contributed by atoms with Gasteiger partial charge < -0.3 is 0 Å². The highest BCUT2D eigenvalue weighted by molar-refractivity contribution is 5.52. The molecule has 0 aliphatic carbocycles. The third-order valence-corrected chi connectivity index (χ3v) is 2.72. The van der Waals surface area contributed by atoms with E-state index < -0.39 is 23.0 Å². The second-order valence-corrected chi connectivity index (χ2v) is 4.12. The summed E-state index contributed by atoms with van der Waals surface area (Å²) in [5, 5.41) is 8.56. The van der Waals surface area contributed by atoms with Crippen LogP contribution >= 0.6 is 0 Å². The molecule has 2 aromatic rings. The highest BCUT2D eigenvalue weighted by Crippen LogP contribution is 2.14. The van der Waals surface area contributed by atoms with Gasteiger partial charge in [0.25, 0.3) is 0 Å². The summed E-state index contributed by atoms with van der Waals surface area (Å²) in [6.07, 6.45) is 1.49. The van der Waals surface area contributed by atoms with E-state index in [2.05, 4.69) is 18.4 Å². The first-order valence-electron chi connectivity index (χ1n) is 5.88. The molecule has 21 heavy (non-hydrogen) atoms. The van der Waals surface area contributed by atoms with Crippen molar-refractivity contribution >= 4 is 6.08 Å². The van der Waals surface area contributed by atoms with E-state index in [0.29, 0.717) is 5.56 Å². The van der Waals surface area contributed by atoms with Crippen LogP contribution < -0.4 is 0 Å². The summed E-state index contributed by atoms with van der Waals surface area (Å²) in [4.78, 5) is 0. The monoisotopic (exact) mass is 283 g/mol. The molecule has 0 amide bonds. The van der Waals surface area contributed by atoms with Crippen molar-refractivity contribution in [1.82, 2.24) is 0 Å². The summed E-state index contributed by atoms with van der Waals surface area (Å²) >= 11 is 0. The van der Waals surface area contributed by atoms with Crippen molar-refractivity contribution in [2.75, 3.05) is 0 Å². The quantitative estimate of drug-likeness (QED) is 0.725. The Balaban J connectivity index is 2.40. The Labute approximate surface area is 120 Å². The average molecular weight is 283 g/mol. The maximum atomic E-state index is 13.7. The predicted octanol–water partition coefficient (Wildman–Crippen LogP) is 4.02. The Kier molecular flexibility index (Phi) is 4.11. The number of nitriles is 1. The molecule has 0 aliphatic rings. The van der Waals surface area contributed by atoms with Gasteiger partial charge >= 0.3 is 0 Å². The smallest absolute Gasteiger partial charge is 0.145 e. The van der Waals surface area contributed by atoms with Crippen LogP contribution in [0.25, 0.3) is 6.08 Å². The molecule has 0 fully saturated rings. The maximum Gasteiger partial charge on any atom is 0.145 e. The van der Waals surface area contributed by atoms with Crippen molar-refractivity contribution in [3.63, 3.8) is 0 Å². The van der Waals surface area contributed by atoms with E-state index in [1.54, 1.807) is 6.07 Å². The molecule has 0 heterocycles. The van der Waals surface area contributed by atoms with Gasteiger partial charge in [-0.05, 0) is 29.8 Å². The van der Waals surface area contributed by atoms with Crippen molar-refractivity contribution in [3.8, 4) is 17.9 Å². The van der Waals surface area contributed by atoms with Crippen molar-refractivity contribution in [3.05, 3.63) is 76.6 Å². The molecule has 0 radical (unpaired) electrons. The van der Waals surface area contributed by atoms with Gasteiger partial charge in [-0.2, -0.15) is 5.26 Å². The molecular weight excluding hydrogens is 275 g/mol. The molecule has 0 atom stereocenters. The molecule has 1 nitrogen and oxygen atoms in total. The summed E-state index contributed by atoms with van der Waals surface area (Å²) in [5.74, 6) is 2.43. The van der Waals surface area contributed by atoms with Crippen molar-refractivity contribution in [2.45, 2.75) is 0 Å². The lowest BCUT2D eigenvalue weighted by Gasteiger charge is -1.98. The molecule has 0 saturated carbocycles. The van der Waals surface area contributed by atoms with Crippen LogP contribution in [0.15, 0.2) is 36.9 Å². The number of hydrogen-bond donors (Lipinski definition) is 0. The molecule has 2 aromatic carbocycles. The zero-order valence-corrected chi connectivity index (χ0v) is 10.8. The lowest BCUT2D eigenvalue weighted by atomic mass is 10.1. The van der Waals surface area contributed by atoms with Crippen molar-refractivity contribution < 1.29 is 13.2 Å². The standard InChI is InChI=1S/C17H8F3N/c1-2-11-3-5-13(15(18)7-11)6-4-12-8-16(19)14(10-21)17(20)9-12/h2-3,5,7-9H,1H2. The van der Waals surface area contributed by atoms with E-state index in [9.17, 15) is 13.2 Å². The van der Waals surface area contributed by atoms with Gasteiger partial charge in [0, 0.05) is 5.56 Å². The molecule has 0 aliphatic heterocycles. The summed E-state index contributed by atoms with van der Waals surface area (Å²) in [6.45, 7) is 3.52. The normalized spacial score (nSPS) is 9.43. The zero-order valence-electron chi connectivity index (χ0n) is 10.8. The molecular formula is C17H8F3N. The summed E-state index contributed by atoms with van der Waals surface area (Å²) in [5.41, 5.74) is 0.0672. The Morgan fingerprint density at radius 3 is 2.14 bits per heavy atom. The van der Waals surface area contributed by atoms with Crippen LogP contribution in [-0.4, -0.2) is 0 Å². The lowest BCUT2D eigenvalue weighted by Crippen LogP contribution is -1.92. The zero-order chi connectivity index (χ0) is 15.4. The van der Waals surface area contributed by atoms with E-state index in [-0.39, 0.29) is 11.1 Å². The topological polar surface area (TPSA) is 23.8 Å². The second-order valence-electron chi connectivity index (χ2n) is 4.12. The molecule has 0 unspecified atom stereocenters. The van der Waals surface area contributed by atoms with Gasteiger partial charge in [-0.3, -0.25) is 0 Å². The number of rotatable bonds is 1. The van der Waals surface area contributed by atoms with Gasteiger partial charge in [0.05, 0.1) is 5.56 Å². The first-order valence-corrected chi connectivity index (χ1v) is 5.88. The molecule has 0 spiro atoms. The van der Waals surface area contributed by atoms with Crippen molar-refractivity contribution in [1.29, 1.82) is 5.26 Å². The van der Waals surface area contributed by atoms with E-state index in [1.165, 1.54) is 24.3 Å². The molecule has 0 saturated heterocycles. The van der Waals surface area contributed by atoms with Crippen LogP contribution in [0.5, 0.6) is 0 Å². The number of nitrogens with zero attached hydrogens (tertiary/aromatic N) is 1. The Morgan fingerprint density at radius 2 is 1.62 bits per heavy atom. The van der Waals surface area contributed by atoms with Crippen LogP contribution in [-0.2, 0) is 0 Å². The number of halogens is 3. The SMILES string of the molecule is C=Cc1ccc(C#Cc2cc(F)c(C#N)c(F)c2)c(F)c1. The van der Waals surface area contributed by atoms with Crippen LogP contribution in [0, 0.1) is 40.6 Å². The Bertz CT molecular complexity index is 797. The number of hydrogen-bond acceptors (Lipinski definition) is 1. The van der Waals surface area contributed by atoms with Gasteiger partial charge in [0.2, 0.25) is 0 Å². The van der Waals surface area contributed by atoms with E-state index >= 15 is 0 Å². The van der Waals surface area contributed by atoms with Gasteiger partial charge in [0.15, 0.2) is 0 Å². The Hall–Kier alpha value is -2.98. The highest BCUT2D eigenvalue weighted by Gasteiger charge is 2.09. The molecule has 0 N–H and O–H groups in total. The fourth-order valence-electron chi connectivity index (χ4n) is 1.65. The summed E-state index contributed by atoms with van der Waals surface area (Å²) in [7, 11) is 0. The average Bonchev–Trinajstić information content (AvgIpc) is 2.45. The number of benzene rings is 2. The lowest BCUT2D eigenvalue weighted by molar-refractivity contribution is 0.576. The van der Waals surface area contributed by atoms with Crippen LogP contribution in [0.4, 0.5) is 13.2 Å². The highest BCUT2D eigenvalue weighted by atomic mass is 19.1. The van der Waals surface area contributed by atoms with E-state index in [0.717, 1.165) is 12.1 Å². The summed E-state index contributed by atoms with van der Waals surface area (Å²) in [6, 6.07) is 7.63. The molecule has 4 heteroatoms. The van der Waals surface area contributed by atoms with E-state index in [4.69, 9.17) is 5.26 Å². The predicted molar refractivity (Wildman–Crippen MR) is 73.5 cm³/mol. The van der Waals surface area contributed by atoms with Crippen LogP contribution in [0.3, 0.4) is 0 Å². The van der Waals surface area contributed by atoms with Crippen molar-refractivity contribution in [2.24, 2.45) is 0 Å². The minimum atomic E-state index is -0.996. The van der Waals surface area contributed by atoms with Crippen LogP contribution in [0.1, 0.15) is 22.3 Å². The van der Waals surface area contributed by atoms with E-state index in [1.807, 2.05) is 0 Å². The Morgan fingerprint density at radius 1 is 0.952 bits per heavy atom. The fourth-order valence-corrected chi connectivity index (χ4v) is 1.65. The molecule has 0 bridgehead atoms. The fraction of sp³-hybridized carbons (Fsp3) is 0. The molecule has 102 valence electrons. The molecule has 2 rings (SSSR count). The van der Waals surface area contributed by atoms with Gasteiger partial charge in [-0.15, -0.1) is 0 Å². The second kappa shape index (κ2) is 5.98. The van der Waals surface area contributed by atoms with Gasteiger partial charge in [0.1, 0.15) is 29.1 Å². The largest absolute Gasteiger partial charge is 0.206 e. The maximum absolute atomic E-state index is 13.7. The minimum absolute atomic E-state index is 0.0243. The first kappa shape index (κ1) is 14.4. The first-order chi connectivity index (χ1) is 10.0. The van der Waals surface area contributed by atoms with Crippen LogP contribution in [0.2, 0.25) is 0 Å². The third-order valence-electron chi connectivity index (χ3n) is 2.72. The van der Waals surface area contributed by atoms with Gasteiger partial charge in [-0.25, -0.2) is 13.2 Å². The van der Waals surface area contributed by atoms with Gasteiger partial charge in [-0.1, -0.05) is 30.6 Å². The minimum Gasteiger partial charge on any atom is -0.206 e.